The van der Waals surface area contributed by atoms with Gasteiger partial charge >= 0.3 is 0 Å². The summed E-state index contributed by atoms with van der Waals surface area (Å²) in [6.07, 6.45) is 4.52. The van der Waals surface area contributed by atoms with Crippen molar-refractivity contribution in [2.24, 2.45) is 35.0 Å². The van der Waals surface area contributed by atoms with Gasteiger partial charge in [0.25, 0.3) is 0 Å². The first kappa shape index (κ1) is 14.5. The Morgan fingerprint density at radius 3 is 2.00 bits per heavy atom. The molecule has 0 bridgehead atoms. The van der Waals surface area contributed by atoms with Crippen molar-refractivity contribution in [2.45, 2.75) is 53.0 Å². The van der Waals surface area contributed by atoms with Crippen LogP contribution in [0, 0.1) is 35.0 Å². The highest BCUT2D eigenvalue weighted by Gasteiger charge is 2.56. The zero-order valence-electron chi connectivity index (χ0n) is 14.5. The van der Waals surface area contributed by atoms with E-state index in [-0.39, 0.29) is 0 Å². The van der Waals surface area contributed by atoms with Gasteiger partial charge in [-0.15, -0.1) is 0 Å². The molecule has 2 heteroatoms. The van der Waals surface area contributed by atoms with Gasteiger partial charge in [-0.3, -0.25) is 0 Å². The summed E-state index contributed by atoms with van der Waals surface area (Å²) in [6.45, 7) is 16.5. The third kappa shape index (κ3) is 2.79. The van der Waals surface area contributed by atoms with E-state index in [0.717, 1.165) is 35.6 Å². The van der Waals surface area contributed by atoms with E-state index in [9.17, 15) is 0 Å². The van der Waals surface area contributed by atoms with Gasteiger partial charge in [0, 0.05) is 38.8 Å². The Hall–Kier alpha value is -0.0800. The normalized spacial score (nSPS) is 44.3. The van der Waals surface area contributed by atoms with Crippen LogP contribution in [0.25, 0.3) is 0 Å². The van der Waals surface area contributed by atoms with E-state index in [4.69, 9.17) is 0 Å². The highest BCUT2D eigenvalue weighted by Crippen LogP contribution is 2.55. The average molecular weight is 290 g/mol. The van der Waals surface area contributed by atoms with Gasteiger partial charge in [-0.25, -0.2) is 0 Å². The maximum Gasteiger partial charge on any atom is 0.00700 e. The summed E-state index contributed by atoms with van der Waals surface area (Å²) in [5.41, 5.74) is 0.467. The van der Waals surface area contributed by atoms with Gasteiger partial charge < -0.3 is 9.80 Å². The number of piperidine rings is 1. The van der Waals surface area contributed by atoms with Crippen LogP contribution in [0.5, 0.6) is 0 Å². The predicted octanol–water partition coefficient (Wildman–Crippen LogP) is 3.33. The fourth-order valence-corrected chi connectivity index (χ4v) is 5.58. The second kappa shape index (κ2) is 4.96. The molecule has 2 saturated carbocycles. The molecule has 4 aliphatic rings. The molecule has 4 fully saturated rings. The van der Waals surface area contributed by atoms with Crippen molar-refractivity contribution in [1.29, 1.82) is 0 Å². The SMILES string of the molecule is CC(CC1C2CN(CC(C)(C)C)CC12)N1CC2CCC2C1. The zero-order valence-corrected chi connectivity index (χ0v) is 14.5. The van der Waals surface area contributed by atoms with Crippen LogP contribution in [0.15, 0.2) is 0 Å². The van der Waals surface area contributed by atoms with Crippen molar-refractivity contribution >= 4 is 0 Å². The van der Waals surface area contributed by atoms with Crippen molar-refractivity contribution in [3.63, 3.8) is 0 Å². The van der Waals surface area contributed by atoms with E-state index in [1.807, 2.05) is 0 Å². The molecule has 2 nitrogen and oxygen atoms in total. The van der Waals surface area contributed by atoms with Crippen LogP contribution in [-0.4, -0.2) is 48.6 Å². The summed E-state index contributed by atoms with van der Waals surface area (Å²) >= 11 is 0. The molecular formula is C19H34N2. The number of fused-ring (bicyclic) bond motifs is 2. The van der Waals surface area contributed by atoms with Crippen molar-refractivity contribution < 1.29 is 0 Å². The highest BCUT2D eigenvalue weighted by atomic mass is 15.2. The third-order valence-corrected chi connectivity index (χ3v) is 6.89. The lowest BCUT2D eigenvalue weighted by Crippen LogP contribution is -2.35. The van der Waals surface area contributed by atoms with Gasteiger partial charge in [0.2, 0.25) is 0 Å². The average Bonchev–Trinajstić information content (AvgIpc) is 2.69. The molecule has 5 unspecified atom stereocenters. The fraction of sp³-hybridized carbons (Fsp3) is 1.00. The Kier molecular flexibility index (Phi) is 3.43. The molecule has 0 spiro atoms. The van der Waals surface area contributed by atoms with Gasteiger partial charge in [0.15, 0.2) is 0 Å². The first-order valence-electron chi connectivity index (χ1n) is 9.37. The topological polar surface area (TPSA) is 6.48 Å². The molecule has 5 atom stereocenters. The Balaban J connectivity index is 1.22. The number of likely N-dealkylation sites (tertiary alicyclic amines) is 2. The lowest BCUT2D eigenvalue weighted by Gasteiger charge is -2.29. The molecule has 0 aromatic rings. The lowest BCUT2D eigenvalue weighted by molar-refractivity contribution is 0.183. The minimum Gasteiger partial charge on any atom is -0.302 e. The molecule has 0 radical (unpaired) electrons. The van der Waals surface area contributed by atoms with E-state index >= 15 is 0 Å². The fourth-order valence-electron chi connectivity index (χ4n) is 5.58. The Bertz CT molecular complexity index is 375. The second-order valence-electron chi connectivity index (χ2n) is 9.88. The van der Waals surface area contributed by atoms with Gasteiger partial charge in [-0.2, -0.15) is 0 Å². The van der Waals surface area contributed by atoms with Crippen molar-refractivity contribution in [1.82, 2.24) is 9.80 Å². The maximum absolute atomic E-state index is 2.82. The van der Waals surface area contributed by atoms with Crippen molar-refractivity contribution in [3.8, 4) is 0 Å². The lowest BCUT2D eigenvalue weighted by atomic mass is 9.77. The van der Waals surface area contributed by atoms with Crippen LogP contribution in [-0.2, 0) is 0 Å². The monoisotopic (exact) mass is 290 g/mol. The molecule has 0 amide bonds. The van der Waals surface area contributed by atoms with Crippen LogP contribution in [0.1, 0.15) is 47.0 Å². The largest absolute Gasteiger partial charge is 0.302 e. The summed E-state index contributed by atoms with van der Waals surface area (Å²) in [6, 6.07) is 0.849. The smallest absolute Gasteiger partial charge is 0.00700 e. The number of hydrogen-bond donors (Lipinski definition) is 0. The van der Waals surface area contributed by atoms with Crippen LogP contribution in [0.3, 0.4) is 0 Å². The van der Waals surface area contributed by atoms with E-state index in [2.05, 4.69) is 37.5 Å². The first-order chi connectivity index (χ1) is 9.90. The van der Waals surface area contributed by atoms with Gasteiger partial charge in [0.05, 0.1) is 0 Å². The predicted molar refractivity (Wildman–Crippen MR) is 88.2 cm³/mol. The van der Waals surface area contributed by atoms with Crippen molar-refractivity contribution in [2.75, 3.05) is 32.7 Å². The van der Waals surface area contributed by atoms with E-state index in [0.29, 0.717) is 5.41 Å². The summed E-state index contributed by atoms with van der Waals surface area (Å²) in [5, 5.41) is 0. The maximum atomic E-state index is 2.82. The van der Waals surface area contributed by atoms with Gasteiger partial charge in [-0.1, -0.05) is 20.8 Å². The molecule has 2 heterocycles. The number of nitrogens with zero attached hydrogens (tertiary/aromatic N) is 2. The molecule has 2 aliphatic carbocycles. The van der Waals surface area contributed by atoms with Crippen LogP contribution in [0.2, 0.25) is 0 Å². The Labute approximate surface area is 131 Å². The molecule has 0 aromatic carbocycles. The van der Waals surface area contributed by atoms with E-state index in [1.165, 1.54) is 52.0 Å². The van der Waals surface area contributed by atoms with Crippen LogP contribution in [0.4, 0.5) is 0 Å². The minimum atomic E-state index is 0.467. The van der Waals surface area contributed by atoms with Gasteiger partial charge in [-0.05, 0) is 61.2 Å². The summed E-state index contributed by atoms with van der Waals surface area (Å²) in [4.78, 5) is 5.55. The first-order valence-corrected chi connectivity index (χ1v) is 9.37. The Morgan fingerprint density at radius 2 is 1.52 bits per heavy atom. The quantitative estimate of drug-likeness (QED) is 0.783. The standard InChI is InChI=1S/C19H34N2/c1-13(21-8-14-5-6-15(14)9-21)7-16-17-10-20(11-18(16)17)12-19(2,3)4/h13-18H,5-12H2,1-4H3. The number of hydrogen-bond acceptors (Lipinski definition) is 2. The zero-order chi connectivity index (χ0) is 14.8. The second-order valence-corrected chi connectivity index (χ2v) is 9.88. The number of rotatable bonds is 4. The van der Waals surface area contributed by atoms with Crippen molar-refractivity contribution in [3.05, 3.63) is 0 Å². The summed E-state index contributed by atoms with van der Waals surface area (Å²) < 4.78 is 0. The van der Waals surface area contributed by atoms with Gasteiger partial charge in [0.1, 0.15) is 0 Å². The van der Waals surface area contributed by atoms with Crippen LogP contribution >= 0.6 is 0 Å². The molecule has 120 valence electrons. The van der Waals surface area contributed by atoms with E-state index in [1.54, 1.807) is 0 Å². The molecule has 4 rings (SSSR count). The Morgan fingerprint density at radius 1 is 0.952 bits per heavy atom. The molecule has 21 heavy (non-hydrogen) atoms. The minimum absolute atomic E-state index is 0.467. The third-order valence-electron chi connectivity index (χ3n) is 6.89. The molecule has 0 N–H and O–H groups in total. The molecule has 0 aromatic heterocycles. The van der Waals surface area contributed by atoms with E-state index < -0.39 is 0 Å². The highest BCUT2D eigenvalue weighted by molar-refractivity contribution is 5.06. The summed E-state index contributed by atoms with van der Waals surface area (Å²) in [7, 11) is 0. The van der Waals surface area contributed by atoms with Crippen LogP contribution < -0.4 is 0 Å². The molecule has 2 aliphatic heterocycles. The molecular weight excluding hydrogens is 256 g/mol. The molecule has 2 saturated heterocycles. The summed E-state index contributed by atoms with van der Waals surface area (Å²) in [5.74, 6) is 5.32.